The highest BCUT2D eigenvalue weighted by atomic mass is 35.5. The van der Waals surface area contributed by atoms with Crippen LogP contribution >= 0.6 is 11.6 Å². The predicted octanol–water partition coefficient (Wildman–Crippen LogP) is 6.60. The number of hydrogen-bond acceptors (Lipinski definition) is 4. The number of carbonyl (C=O) groups is 1. The third-order valence-corrected chi connectivity index (χ3v) is 5.41. The Bertz CT molecular complexity index is 1360. The lowest BCUT2D eigenvalue weighted by atomic mass is 10.1. The van der Waals surface area contributed by atoms with Crippen LogP contribution < -0.4 is 9.47 Å². The molecule has 0 amide bonds. The minimum Gasteiger partial charge on any atom is -0.491 e. The average molecular weight is 457 g/mol. The Morgan fingerprint density at radius 1 is 1.03 bits per heavy atom. The maximum atomic E-state index is 12.9. The monoisotopic (exact) mass is 456 g/mol. The molecular weight excluding hydrogens is 436 g/mol. The number of ether oxygens (including phenoxy) is 2. The number of ketones is 1. The molecule has 5 nitrogen and oxygen atoms in total. The van der Waals surface area contributed by atoms with E-state index in [9.17, 15) is 4.79 Å². The highest BCUT2D eigenvalue weighted by molar-refractivity contribution is 6.31. The Kier molecular flexibility index (Phi) is 5.48. The van der Waals surface area contributed by atoms with Gasteiger partial charge in [-0.15, -0.1) is 0 Å². The second-order valence-electron chi connectivity index (χ2n) is 7.98. The number of carbonyl (C=O) groups excluding carboxylic acids is 1. The largest absolute Gasteiger partial charge is 0.491 e. The van der Waals surface area contributed by atoms with Crippen LogP contribution in [-0.4, -0.2) is 21.7 Å². The van der Waals surface area contributed by atoms with Gasteiger partial charge in [-0.25, -0.2) is 4.68 Å². The Morgan fingerprint density at radius 2 is 1.79 bits per heavy atom. The van der Waals surface area contributed by atoms with Crippen LogP contribution in [0.15, 0.2) is 84.8 Å². The van der Waals surface area contributed by atoms with Crippen LogP contribution in [0.4, 0.5) is 0 Å². The molecule has 0 fully saturated rings. The zero-order valence-electron chi connectivity index (χ0n) is 18.2. The van der Waals surface area contributed by atoms with Gasteiger partial charge in [0.15, 0.2) is 5.76 Å². The lowest BCUT2D eigenvalue weighted by molar-refractivity contribution is 0.101. The fourth-order valence-electron chi connectivity index (χ4n) is 3.70. The summed E-state index contributed by atoms with van der Waals surface area (Å²) in [5, 5.41) is 5.31. The first kappa shape index (κ1) is 21.0. The highest BCUT2D eigenvalue weighted by Gasteiger charge is 2.28. The van der Waals surface area contributed by atoms with E-state index in [0.29, 0.717) is 16.3 Å². The maximum Gasteiger partial charge on any atom is 0.232 e. The number of hydrogen-bond donors (Lipinski definition) is 0. The first-order valence-corrected chi connectivity index (χ1v) is 11.0. The van der Waals surface area contributed by atoms with Gasteiger partial charge in [0.1, 0.15) is 17.2 Å². The zero-order chi connectivity index (χ0) is 22.9. The molecule has 33 heavy (non-hydrogen) atoms. The number of fused-ring (bicyclic) bond motifs is 1. The van der Waals surface area contributed by atoms with E-state index in [1.54, 1.807) is 29.0 Å². The minimum atomic E-state index is -0.202. The molecule has 0 radical (unpaired) electrons. The van der Waals surface area contributed by atoms with E-state index in [-0.39, 0.29) is 17.6 Å². The van der Waals surface area contributed by atoms with Crippen LogP contribution in [-0.2, 0) is 0 Å². The van der Waals surface area contributed by atoms with Crippen molar-refractivity contribution in [3.8, 4) is 28.4 Å². The van der Waals surface area contributed by atoms with Crippen LogP contribution in [0.1, 0.15) is 29.8 Å². The molecule has 4 aromatic rings. The predicted molar refractivity (Wildman–Crippen MR) is 129 cm³/mol. The number of para-hydroxylation sites is 1. The number of benzene rings is 3. The Labute approximate surface area is 196 Å². The van der Waals surface area contributed by atoms with Crippen molar-refractivity contribution in [1.82, 2.24) is 9.78 Å². The number of halogens is 1. The average Bonchev–Trinajstić information content (AvgIpc) is 3.36. The van der Waals surface area contributed by atoms with Gasteiger partial charge in [0.2, 0.25) is 5.78 Å². The number of rotatable bonds is 5. The molecule has 0 atom stereocenters. The smallest absolute Gasteiger partial charge is 0.232 e. The SMILES string of the molecule is CC(C)Oc1ccc(-c2nn(-c3ccccc3)cc2/C=C2\Oc3ccc(Cl)cc3C2=O)cc1. The maximum absolute atomic E-state index is 12.9. The Morgan fingerprint density at radius 3 is 2.52 bits per heavy atom. The van der Waals surface area contributed by atoms with Crippen molar-refractivity contribution in [2.45, 2.75) is 20.0 Å². The highest BCUT2D eigenvalue weighted by Crippen LogP contribution is 2.35. The molecule has 0 saturated carbocycles. The lowest BCUT2D eigenvalue weighted by Crippen LogP contribution is -2.05. The topological polar surface area (TPSA) is 53.4 Å². The molecule has 0 bridgehead atoms. The summed E-state index contributed by atoms with van der Waals surface area (Å²) in [6.07, 6.45) is 3.72. The van der Waals surface area contributed by atoms with E-state index in [1.165, 1.54) is 0 Å². The third kappa shape index (κ3) is 4.28. The van der Waals surface area contributed by atoms with Crippen molar-refractivity contribution in [1.29, 1.82) is 0 Å². The Hall–Kier alpha value is -3.83. The molecule has 2 heterocycles. The van der Waals surface area contributed by atoms with E-state index in [1.807, 2.05) is 74.6 Å². The quantitative estimate of drug-likeness (QED) is 0.317. The summed E-state index contributed by atoms with van der Waals surface area (Å²) >= 11 is 6.07. The molecule has 1 aromatic heterocycles. The summed E-state index contributed by atoms with van der Waals surface area (Å²) in [7, 11) is 0. The first-order chi connectivity index (χ1) is 16.0. The molecule has 5 rings (SSSR count). The summed E-state index contributed by atoms with van der Waals surface area (Å²) in [5.41, 5.74) is 3.77. The van der Waals surface area contributed by atoms with Crippen LogP contribution in [0.3, 0.4) is 0 Å². The molecule has 164 valence electrons. The summed E-state index contributed by atoms with van der Waals surface area (Å²) in [6, 6.07) is 22.6. The van der Waals surface area contributed by atoms with Crippen LogP contribution in [0, 0.1) is 0 Å². The van der Waals surface area contributed by atoms with E-state index in [2.05, 4.69) is 0 Å². The van der Waals surface area contributed by atoms with Crippen molar-refractivity contribution in [3.63, 3.8) is 0 Å². The first-order valence-electron chi connectivity index (χ1n) is 10.6. The van der Waals surface area contributed by atoms with Crippen LogP contribution in [0.5, 0.6) is 11.5 Å². The van der Waals surface area contributed by atoms with Crippen LogP contribution in [0.2, 0.25) is 5.02 Å². The summed E-state index contributed by atoms with van der Waals surface area (Å²) < 4.78 is 13.4. The van der Waals surface area contributed by atoms with Crippen molar-refractivity contribution in [2.75, 3.05) is 0 Å². The molecule has 0 spiro atoms. The number of aromatic nitrogens is 2. The molecule has 3 aromatic carbocycles. The second kappa shape index (κ2) is 8.60. The molecule has 0 saturated heterocycles. The van der Waals surface area contributed by atoms with Gasteiger partial charge in [-0.05, 0) is 74.5 Å². The van der Waals surface area contributed by atoms with Gasteiger partial charge in [0, 0.05) is 22.3 Å². The van der Waals surface area contributed by atoms with E-state index < -0.39 is 0 Å². The molecule has 6 heteroatoms. The van der Waals surface area contributed by atoms with E-state index in [4.69, 9.17) is 26.2 Å². The molecule has 0 unspecified atom stereocenters. The van der Waals surface area contributed by atoms with Crippen molar-refractivity contribution in [2.24, 2.45) is 0 Å². The van der Waals surface area contributed by atoms with Crippen molar-refractivity contribution < 1.29 is 14.3 Å². The fourth-order valence-corrected chi connectivity index (χ4v) is 3.87. The van der Waals surface area contributed by atoms with Gasteiger partial charge in [-0.3, -0.25) is 4.79 Å². The number of allylic oxidation sites excluding steroid dienone is 1. The van der Waals surface area contributed by atoms with Gasteiger partial charge in [0.05, 0.1) is 17.4 Å². The molecule has 1 aliphatic heterocycles. The standard InChI is InChI=1S/C27H21ClN2O3/c1-17(2)32-22-11-8-18(9-12-22)26-19(16-30(29-26)21-6-4-3-5-7-21)14-25-27(31)23-15-20(28)10-13-24(23)33-25/h3-17H,1-2H3/b25-14-. The molecular formula is C27H21ClN2O3. The summed E-state index contributed by atoms with van der Waals surface area (Å²) in [4.78, 5) is 12.9. The molecule has 1 aliphatic rings. The zero-order valence-corrected chi connectivity index (χ0v) is 18.9. The van der Waals surface area contributed by atoms with Gasteiger partial charge in [-0.1, -0.05) is 29.8 Å². The van der Waals surface area contributed by atoms with Crippen molar-refractivity contribution in [3.05, 3.63) is 101 Å². The van der Waals surface area contributed by atoms with Gasteiger partial charge < -0.3 is 9.47 Å². The Balaban J connectivity index is 1.57. The second-order valence-corrected chi connectivity index (χ2v) is 8.42. The van der Waals surface area contributed by atoms with E-state index in [0.717, 1.165) is 28.3 Å². The van der Waals surface area contributed by atoms with E-state index >= 15 is 0 Å². The summed E-state index contributed by atoms with van der Waals surface area (Å²) in [6.45, 7) is 3.98. The van der Waals surface area contributed by atoms with Gasteiger partial charge in [-0.2, -0.15) is 5.10 Å². The van der Waals surface area contributed by atoms with Gasteiger partial charge in [0.25, 0.3) is 0 Å². The van der Waals surface area contributed by atoms with Crippen LogP contribution in [0.25, 0.3) is 23.0 Å². The summed E-state index contributed by atoms with van der Waals surface area (Å²) in [5.74, 6) is 1.33. The fraction of sp³-hybridized carbons (Fsp3) is 0.111. The number of Topliss-reactive ketones (excluding diaryl/α,β-unsaturated/α-hetero) is 1. The van der Waals surface area contributed by atoms with Crippen molar-refractivity contribution >= 4 is 23.5 Å². The molecule has 0 N–H and O–H groups in total. The minimum absolute atomic E-state index is 0.0918. The van der Waals surface area contributed by atoms with Gasteiger partial charge >= 0.3 is 0 Å². The number of nitrogens with zero attached hydrogens (tertiary/aromatic N) is 2. The normalized spacial score (nSPS) is 13.9. The third-order valence-electron chi connectivity index (χ3n) is 5.18. The lowest BCUT2D eigenvalue weighted by Gasteiger charge is -2.09. The molecule has 0 aliphatic carbocycles.